The first-order valence-corrected chi connectivity index (χ1v) is 9.06. The molecule has 1 aromatic heterocycles. The van der Waals surface area contributed by atoms with Gasteiger partial charge in [0, 0.05) is 6.04 Å². The second-order valence-corrected chi connectivity index (χ2v) is 7.24. The zero-order valence-corrected chi connectivity index (χ0v) is 14.3. The topological polar surface area (TPSA) is 53.7 Å². The van der Waals surface area contributed by atoms with Crippen molar-refractivity contribution in [3.8, 4) is 11.3 Å². The van der Waals surface area contributed by atoms with E-state index in [4.69, 9.17) is 4.42 Å². The van der Waals surface area contributed by atoms with E-state index in [0.29, 0.717) is 24.6 Å². The largest absolute Gasteiger partial charge is 0.480 e. The summed E-state index contributed by atoms with van der Waals surface area (Å²) in [5.74, 6) is -1.11. The molecule has 1 saturated heterocycles. The SMILES string of the molecule is O=C(O)C1CC2CCCCC2N1Cc1ccc(-c2c(F)cccc2F)o1. The van der Waals surface area contributed by atoms with Crippen LogP contribution in [-0.4, -0.2) is 28.1 Å². The molecule has 1 saturated carbocycles. The summed E-state index contributed by atoms with van der Waals surface area (Å²) in [6.07, 6.45) is 4.97. The van der Waals surface area contributed by atoms with Crippen molar-refractivity contribution in [2.75, 3.05) is 0 Å². The van der Waals surface area contributed by atoms with Gasteiger partial charge in [-0.05, 0) is 49.4 Å². The highest BCUT2D eigenvalue weighted by Gasteiger charge is 2.45. The van der Waals surface area contributed by atoms with E-state index in [-0.39, 0.29) is 17.4 Å². The first kappa shape index (κ1) is 17.2. The average molecular weight is 361 g/mol. The number of rotatable bonds is 4. The van der Waals surface area contributed by atoms with Gasteiger partial charge < -0.3 is 9.52 Å². The van der Waals surface area contributed by atoms with Crippen molar-refractivity contribution in [2.24, 2.45) is 5.92 Å². The standard InChI is InChI=1S/C20H21F2NO3/c21-14-5-3-6-15(22)19(14)18-9-8-13(26-18)11-23-16-7-2-1-4-12(16)10-17(23)20(24)25/h3,5-6,8-9,12,16-17H,1-2,4,7,10-11H2,(H,24,25). The predicted molar refractivity (Wildman–Crippen MR) is 91.4 cm³/mol. The Bertz CT molecular complexity index is 799. The summed E-state index contributed by atoms with van der Waals surface area (Å²) in [7, 11) is 0. The number of nitrogens with zero attached hydrogens (tertiary/aromatic N) is 1. The average Bonchev–Trinajstić information content (AvgIpc) is 3.21. The molecule has 2 heterocycles. The van der Waals surface area contributed by atoms with E-state index < -0.39 is 23.6 Å². The number of carboxylic acids is 1. The lowest BCUT2D eigenvalue weighted by Crippen LogP contribution is -2.41. The predicted octanol–water partition coefficient (Wildman–Crippen LogP) is 4.44. The molecule has 1 aromatic carbocycles. The van der Waals surface area contributed by atoms with Gasteiger partial charge in [0.05, 0.1) is 12.1 Å². The van der Waals surface area contributed by atoms with Crippen LogP contribution in [0.15, 0.2) is 34.7 Å². The van der Waals surface area contributed by atoms with Gasteiger partial charge in [0.2, 0.25) is 0 Å². The smallest absolute Gasteiger partial charge is 0.320 e. The zero-order valence-electron chi connectivity index (χ0n) is 14.3. The summed E-state index contributed by atoms with van der Waals surface area (Å²) in [5, 5.41) is 9.59. The maximum absolute atomic E-state index is 14.0. The lowest BCUT2D eigenvalue weighted by atomic mass is 9.85. The van der Waals surface area contributed by atoms with Gasteiger partial charge in [0.1, 0.15) is 29.2 Å². The molecule has 4 rings (SSSR count). The molecule has 2 fully saturated rings. The summed E-state index contributed by atoms with van der Waals surface area (Å²) in [5.41, 5.74) is -0.189. The van der Waals surface area contributed by atoms with Crippen LogP contribution in [0.1, 0.15) is 37.9 Å². The number of hydrogen-bond donors (Lipinski definition) is 1. The number of halogens is 2. The van der Waals surface area contributed by atoms with E-state index >= 15 is 0 Å². The Hall–Kier alpha value is -2.21. The Morgan fingerprint density at radius 3 is 2.62 bits per heavy atom. The van der Waals surface area contributed by atoms with Crippen LogP contribution in [0.5, 0.6) is 0 Å². The van der Waals surface area contributed by atoms with Crippen LogP contribution in [0, 0.1) is 17.6 Å². The van der Waals surface area contributed by atoms with Crippen molar-refractivity contribution in [2.45, 2.75) is 50.7 Å². The van der Waals surface area contributed by atoms with Crippen LogP contribution in [0.4, 0.5) is 8.78 Å². The van der Waals surface area contributed by atoms with Gasteiger partial charge in [-0.2, -0.15) is 0 Å². The Balaban J connectivity index is 1.59. The molecular weight excluding hydrogens is 340 g/mol. The van der Waals surface area contributed by atoms with Crippen molar-refractivity contribution in [1.82, 2.24) is 4.90 Å². The van der Waals surface area contributed by atoms with E-state index in [1.54, 1.807) is 12.1 Å². The van der Waals surface area contributed by atoms with Crippen LogP contribution in [-0.2, 0) is 11.3 Å². The van der Waals surface area contributed by atoms with E-state index in [2.05, 4.69) is 0 Å². The Morgan fingerprint density at radius 1 is 1.15 bits per heavy atom. The first-order valence-electron chi connectivity index (χ1n) is 9.06. The molecule has 2 aromatic rings. The normalized spacial score (nSPS) is 26.0. The minimum absolute atomic E-state index is 0.127. The van der Waals surface area contributed by atoms with Crippen molar-refractivity contribution < 1.29 is 23.1 Å². The number of carboxylic acid groups (broad SMARTS) is 1. The summed E-state index contributed by atoms with van der Waals surface area (Å²) in [4.78, 5) is 13.7. The van der Waals surface area contributed by atoms with Gasteiger partial charge in [0.25, 0.3) is 0 Å². The molecule has 1 aliphatic heterocycles. The van der Waals surface area contributed by atoms with Crippen LogP contribution >= 0.6 is 0 Å². The van der Waals surface area contributed by atoms with Gasteiger partial charge in [-0.1, -0.05) is 18.9 Å². The minimum Gasteiger partial charge on any atom is -0.480 e. The van der Waals surface area contributed by atoms with Crippen molar-refractivity contribution in [3.05, 3.63) is 47.7 Å². The minimum atomic E-state index is -0.814. The van der Waals surface area contributed by atoms with Crippen molar-refractivity contribution >= 4 is 5.97 Å². The molecule has 3 atom stereocenters. The Kier molecular flexibility index (Phi) is 4.53. The first-order chi connectivity index (χ1) is 12.5. The number of hydrogen-bond acceptors (Lipinski definition) is 3. The number of benzene rings is 1. The molecule has 2 aliphatic rings. The van der Waals surface area contributed by atoms with Crippen LogP contribution in [0.3, 0.4) is 0 Å². The molecule has 0 radical (unpaired) electrons. The molecule has 3 unspecified atom stereocenters. The second kappa shape index (κ2) is 6.83. The summed E-state index contributed by atoms with van der Waals surface area (Å²) in [6.45, 7) is 0.341. The summed E-state index contributed by atoms with van der Waals surface area (Å²) >= 11 is 0. The third-order valence-corrected chi connectivity index (χ3v) is 5.72. The van der Waals surface area contributed by atoms with E-state index in [1.165, 1.54) is 18.2 Å². The van der Waals surface area contributed by atoms with E-state index in [0.717, 1.165) is 25.7 Å². The number of fused-ring (bicyclic) bond motifs is 1. The van der Waals surface area contributed by atoms with Gasteiger partial charge in [0.15, 0.2) is 0 Å². The van der Waals surface area contributed by atoms with Gasteiger partial charge in [-0.25, -0.2) is 8.78 Å². The quantitative estimate of drug-likeness (QED) is 0.875. The van der Waals surface area contributed by atoms with Crippen LogP contribution in [0.25, 0.3) is 11.3 Å². The van der Waals surface area contributed by atoms with Gasteiger partial charge >= 0.3 is 5.97 Å². The van der Waals surface area contributed by atoms with Gasteiger partial charge in [-0.15, -0.1) is 0 Å². The third kappa shape index (κ3) is 3.03. The van der Waals surface area contributed by atoms with Crippen molar-refractivity contribution in [1.29, 1.82) is 0 Å². The lowest BCUT2D eigenvalue weighted by molar-refractivity contribution is -0.143. The number of carbonyl (C=O) groups is 1. The highest BCUT2D eigenvalue weighted by atomic mass is 19.1. The summed E-state index contributed by atoms with van der Waals surface area (Å²) < 4.78 is 33.6. The fourth-order valence-electron chi connectivity index (χ4n) is 4.53. The molecular formula is C20H21F2NO3. The maximum Gasteiger partial charge on any atom is 0.320 e. The zero-order chi connectivity index (χ0) is 18.3. The highest BCUT2D eigenvalue weighted by molar-refractivity contribution is 5.74. The second-order valence-electron chi connectivity index (χ2n) is 7.24. The third-order valence-electron chi connectivity index (χ3n) is 5.72. The summed E-state index contributed by atoms with van der Waals surface area (Å²) in [6, 6.07) is 6.62. The fourth-order valence-corrected chi connectivity index (χ4v) is 4.53. The monoisotopic (exact) mass is 361 g/mol. The fraction of sp³-hybridized carbons (Fsp3) is 0.450. The molecule has 4 nitrogen and oxygen atoms in total. The molecule has 26 heavy (non-hydrogen) atoms. The molecule has 1 aliphatic carbocycles. The van der Waals surface area contributed by atoms with Crippen LogP contribution < -0.4 is 0 Å². The van der Waals surface area contributed by atoms with Gasteiger partial charge in [-0.3, -0.25) is 9.69 Å². The highest BCUT2D eigenvalue weighted by Crippen LogP contribution is 2.41. The Labute approximate surface area is 150 Å². The molecule has 138 valence electrons. The maximum atomic E-state index is 14.0. The Morgan fingerprint density at radius 2 is 1.88 bits per heavy atom. The number of aliphatic carboxylic acids is 1. The van der Waals surface area contributed by atoms with Crippen LogP contribution in [0.2, 0.25) is 0 Å². The number of furan rings is 1. The lowest BCUT2D eigenvalue weighted by Gasteiger charge is -2.32. The molecule has 0 bridgehead atoms. The molecule has 0 amide bonds. The molecule has 6 heteroatoms. The molecule has 0 spiro atoms. The molecule has 1 N–H and O–H groups in total. The van der Waals surface area contributed by atoms with Crippen molar-refractivity contribution in [3.63, 3.8) is 0 Å². The van der Waals surface area contributed by atoms with E-state index in [1.807, 2.05) is 4.90 Å². The number of likely N-dealkylation sites (tertiary alicyclic amines) is 1. The van der Waals surface area contributed by atoms with E-state index in [9.17, 15) is 18.7 Å².